The Morgan fingerprint density at radius 2 is 1.35 bits per heavy atom. The number of ketones is 1. The molecular formula is C8H12O9. The van der Waals surface area contributed by atoms with E-state index < -0.39 is 42.1 Å². The SMILES string of the molecule is COC(=O)C(=O)[C@H](O)[C@@H](O)[C@@H](O)[C@H](O)C(=O)O. The maximum atomic E-state index is 11.0. The van der Waals surface area contributed by atoms with Gasteiger partial charge in [-0.3, -0.25) is 4.79 Å². The summed E-state index contributed by atoms with van der Waals surface area (Å²) in [6, 6.07) is 0. The molecule has 0 aliphatic rings. The van der Waals surface area contributed by atoms with Gasteiger partial charge in [0.2, 0.25) is 0 Å². The number of aliphatic carboxylic acids is 1. The number of rotatable bonds is 6. The molecule has 4 atom stereocenters. The lowest BCUT2D eigenvalue weighted by atomic mass is 10.0. The quantitative estimate of drug-likeness (QED) is 0.236. The highest BCUT2D eigenvalue weighted by atomic mass is 16.5. The predicted octanol–water partition coefficient (Wildman–Crippen LogP) is -3.74. The van der Waals surface area contributed by atoms with Crippen LogP contribution in [0.1, 0.15) is 0 Å². The van der Waals surface area contributed by atoms with E-state index in [9.17, 15) is 14.4 Å². The lowest BCUT2D eigenvalue weighted by Gasteiger charge is -2.22. The van der Waals surface area contributed by atoms with E-state index in [-0.39, 0.29) is 0 Å². The summed E-state index contributed by atoms with van der Waals surface area (Å²) in [5.74, 6) is -4.92. The van der Waals surface area contributed by atoms with Gasteiger partial charge >= 0.3 is 11.9 Å². The molecule has 9 heteroatoms. The summed E-state index contributed by atoms with van der Waals surface area (Å²) in [5.41, 5.74) is 0. The number of esters is 1. The van der Waals surface area contributed by atoms with Gasteiger partial charge in [0.15, 0.2) is 12.2 Å². The van der Waals surface area contributed by atoms with Crippen LogP contribution in [0.25, 0.3) is 0 Å². The van der Waals surface area contributed by atoms with Crippen molar-refractivity contribution in [1.29, 1.82) is 0 Å². The zero-order chi connectivity index (χ0) is 13.7. The third kappa shape index (κ3) is 3.75. The number of carboxylic acid groups (broad SMARTS) is 1. The molecule has 0 spiro atoms. The topological polar surface area (TPSA) is 162 Å². The Bertz CT molecular complexity index is 312. The normalized spacial score (nSPS) is 17.7. The van der Waals surface area contributed by atoms with Gasteiger partial charge in [-0.2, -0.15) is 0 Å². The molecule has 0 fully saturated rings. The number of carboxylic acids is 1. The Morgan fingerprint density at radius 3 is 1.71 bits per heavy atom. The second kappa shape index (κ2) is 6.25. The highest BCUT2D eigenvalue weighted by molar-refractivity contribution is 6.35. The molecular weight excluding hydrogens is 240 g/mol. The number of aliphatic hydroxyl groups excluding tert-OH is 4. The fourth-order valence-electron chi connectivity index (χ4n) is 0.896. The molecule has 0 bridgehead atoms. The highest BCUT2D eigenvalue weighted by Gasteiger charge is 2.39. The van der Waals surface area contributed by atoms with Crippen LogP contribution in [-0.4, -0.2) is 74.8 Å². The first-order valence-corrected chi connectivity index (χ1v) is 4.31. The molecule has 0 saturated heterocycles. The van der Waals surface area contributed by atoms with Gasteiger partial charge in [0.25, 0.3) is 5.78 Å². The lowest BCUT2D eigenvalue weighted by molar-refractivity contribution is -0.170. The fourth-order valence-corrected chi connectivity index (χ4v) is 0.896. The molecule has 98 valence electrons. The summed E-state index contributed by atoms with van der Waals surface area (Å²) in [7, 11) is 0.849. The number of carbonyl (C=O) groups is 3. The van der Waals surface area contributed by atoms with Crippen LogP contribution in [0.3, 0.4) is 0 Å². The van der Waals surface area contributed by atoms with Crippen LogP contribution < -0.4 is 0 Å². The molecule has 5 N–H and O–H groups in total. The van der Waals surface area contributed by atoms with E-state index in [0.29, 0.717) is 0 Å². The fraction of sp³-hybridized carbons (Fsp3) is 0.625. The third-order valence-electron chi connectivity index (χ3n) is 1.91. The van der Waals surface area contributed by atoms with E-state index >= 15 is 0 Å². The number of hydrogen-bond donors (Lipinski definition) is 5. The van der Waals surface area contributed by atoms with Crippen LogP contribution in [-0.2, 0) is 19.1 Å². The Balaban J connectivity index is 4.70. The average molecular weight is 252 g/mol. The minimum Gasteiger partial charge on any atom is -0.479 e. The molecule has 0 aromatic carbocycles. The van der Waals surface area contributed by atoms with Crippen molar-refractivity contribution < 1.29 is 44.7 Å². The van der Waals surface area contributed by atoms with Gasteiger partial charge in [0.1, 0.15) is 12.2 Å². The van der Waals surface area contributed by atoms with Crippen LogP contribution in [0.5, 0.6) is 0 Å². The Hall–Kier alpha value is -1.55. The van der Waals surface area contributed by atoms with Crippen LogP contribution in [0, 0.1) is 0 Å². The summed E-state index contributed by atoms with van der Waals surface area (Å²) in [5, 5.41) is 44.5. The summed E-state index contributed by atoms with van der Waals surface area (Å²) < 4.78 is 3.95. The Morgan fingerprint density at radius 1 is 0.941 bits per heavy atom. The molecule has 0 aliphatic carbocycles. The zero-order valence-corrected chi connectivity index (χ0v) is 8.68. The number of carbonyl (C=O) groups excluding carboxylic acids is 2. The molecule has 0 amide bonds. The number of methoxy groups -OCH3 is 1. The molecule has 0 saturated carbocycles. The van der Waals surface area contributed by atoms with Gasteiger partial charge in [-0.05, 0) is 0 Å². The van der Waals surface area contributed by atoms with Crippen molar-refractivity contribution in [1.82, 2.24) is 0 Å². The first kappa shape index (κ1) is 15.4. The van der Waals surface area contributed by atoms with Crippen LogP contribution in [0.15, 0.2) is 0 Å². The number of hydrogen-bond acceptors (Lipinski definition) is 8. The first-order chi connectivity index (χ1) is 7.73. The van der Waals surface area contributed by atoms with Crippen LogP contribution >= 0.6 is 0 Å². The van der Waals surface area contributed by atoms with Crippen molar-refractivity contribution in [3.05, 3.63) is 0 Å². The van der Waals surface area contributed by atoms with E-state index in [1.54, 1.807) is 0 Å². The van der Waals surface area contributed by atoms with Gasteiger partial charge in [-0.15, -0.1) is 0 Å². The largest absolute Gasteiger partial charge is 0.479 e. The maximum absolute atomic E-state index is 11.0. The molecule has 0 rings (SSSR count). The molecule has 0 aromatic heterocycles. The number of Topliss-reactive ketones (excluding diaryl/α,β-unsaturated/α-hetero) is 1. The minimum absolute atomic E-state index is 0.849. The van der Waals surface area contributed by atoms with Crippen molar-refractivity contribution in [3.8, 4) is 0 Å². The van der Waals surface area contributed by atoms with Gasteiger partial charge in [-0.1, -0.05) is 0 Å². The van der Waals surface area contributed by atoms with Crippen LogP contribution in [0.2, 0.25) is 0 Å². The summed E-state index contributed by atoms with van der Waals surface area (Å²) in [6.45, 7) is 0. The molecule has 9 nitrogen and oxygen atoms in total. The molecule has 0 radical (unpaired) electrons. The summed E-state index contributed by atoms with van der Waals surface area (Å²) >= 11 is 0. The van der Waals surface area contributed by atoms with Crippen LogP contribution in [0.4, 0.5) is 0 Å². The predicted molar refractivity (Wildman–Crippen MR) is 48.7 cm³/mol. The smallest absolute Gasteiger partial charge is 0.377 e. The zero-order valence-electron chi connectivity index (χ0n) is 8.68. The summed E-state index contributed by atoms with van der Waals surface area (Å²) in [6.07, 6.45) is -9.49. The van der Waals surface area contributed by atoms with Gasteiger partial charge in [0, 0.05) is 0 Å². The molecule has 0 aliphatic heterocycles. The van der Waals surface area contributed by atoms with Gasteiger partial charge in [-0.25, -0.2) is 9.59 Å². The second-order valence-corrected chi connectivity index (χ2v) is 3.06. The monoisotopic (exact) mass is 252 g/mol. The Kier molecular flexibility index (Phi) is 5.68. The molecule has 17 heavy (non-hydrogen) atoms. The first-order valence-electron chi connectivity index (χ1n) is 4.31. The maximum Gasteiger partial charge on any atom is 0.377 e. The van der Waals surface area contributed by atoms with Crippen molar-refractivity contribution >= 4 is 17.7 Å². The number of ether oxygens (including phenoxy) is 1. The lowest BCUT2D eigenvalue weighted by Crippen LogP contribution is -2.51. The van der Waals surface area contributed by atoms with E-state index in [0.717, 1.165) is 7.11 Å². The molecule has 0 unspecified atom stereocenters. The van der Waals surface area contributed by atoms with Gasteiger partial charge in [0.05, 0.1) is 7.11 Å². The third-order valence-corrected chi connectivity index (χ3v) is 1.91. The average Bonchev–Trinajstić information content (AvgIpc) is 2.32. The molecule has 0 aromatic rings. The van der Waals surface area contributed by atoms with E-state index in [4.69, 9.17) is 25.5 Å². The standard InChI is InChI=1S/C8H12O9/c1-17-8(16)6(13)4(11)2(9)3(10)5(12)7(14)15/h2-5,9-12H,1H3,(H,14,15)/t2-,3+,4+,5-/m0/s1. The summed E-state index contributed by atoms with van der Waals surface area (Å²) in [4.78, 5) is 31.9. The van der Waals surface area contributed by atoms with Crippen molar-refractivity contribution in [2.75, 3.05) is 7.11 Å². The van der Waals surface area contributed by atoms with Crippen molar-refractivity contribution in [2.45, 2.75) is 24.4 Å². The minimum atomic E-state index is -2.41. The molecule has 0 heterocycles. The van der Waals surface area contributed by atoms with Crippen molar-refractivity contribution in [3.63, 3.8) is 0 Å². The van der Waals surface area contributed by atoms with E-state index in [1.807, 2.05) is 0 Å². The van der Waals surface area contributed by atoms with Crippen molar-refractivity contribution in [2.24, 2.45) is 0 Å². The highest BCUT2D eigenvalue weighted by Crippen LogP contribution is 2.07. The van der Waals surface area contributed by atoms with E-state index in [1.165, 1.54) is 0 Å². The van der Waals surface area contributed by atoms with Gasteiger partial charge < -0.3 is 30.3 Å². The van der Waals surface area contributed by atoms with E-state index in [2.05, 4.69) is 4.74 Å². The Labute approximate surface area is 94.9 Å². The second-order valence-electron chi connectivity index (χ2n) is 3.06. The number of aliphatic hydroxyl groups is 4.